The van der Waals surface area contributed by atoms with E-state index in [0.29, 0.717) is 0 Å². The third-order valence-corrected chi connectivity index (χ3v) is 6.42. The van der Waals surface area contributed by atoms with Crippen LogP contribution in [0.3, 0.4) is 0 Å². The number of carbonyl (C=O) groups is 4. The number of aliphatic hydroxyl groups excluding tert-OH is 2. The summed E-state index contributed by atoms with van der Waals surface area (Å²) in [5.74, 6) is -4.68. The number of aliphatic imine (C=N–C) groups is 2. The van der Waals surface area contributed by atoms with Crippen LogP contribution in [0.15, 0.2) is 32.6 Å². The fourth-order valence-electron chi connectivity index (χ4n) is 4.48. The van der Waals surface area contributed by atoms with Crippen molar-refractivity contribution in [3.63, 3.8) is 0 Å². The highest BCUT2D eigenvalue weighted by atomic mass is 16.5. The van der Waals surface area contributed by atoms with E-state index in [0.717, 1.165) is 0 Å². The summed E-state index contributed by atoms with van der Waals surface area (Å²) in [6.45, 7) is 8.62. The van der Waals surface area contributed by atoms with Crippen molar-refractivity contribution in [3.05, 3.63) is 22.7 Å². The van der Waals surface area contributed by atoms with Crippen LogP contribution in [0.4, 0.5) is 0 Å². The number of hydrogen-bond acceptors (Lipinski definition) is 10. The molecule has 2 rings (SSSR count). The van der Waals surface area contributed by atoms with E-state index in [1.54, 1.807) is 34.6 Å². The van der Waals surface area contributed by atoms with Crippen molar-refractivity contribution < 1.29 is 38.9 Å². The lowest BCUT2D eigenvalue weighted by atomic mass is 9.68. The zero-order valence-electron chi connectivity index (χ0n) is 21.2. The van der Waals surface area contributed by atoms with Crippen molar-refractivity contribution in [1.29, 1.82) is 0 Å². The lowest BCUT2D eigenvalue weighted by Gasteiger charge is -2.35. The third kappa shape index (κ3) is 5.86. The summed E-state index contributed by atoms with van der Waals surface area (Å²) in [7, 11) is 2.43. The Bertz CT molecular complexity index is 1030. The molecule has 0 spiro atoms. The monoisotopic (exact) mass is 490 g/mol. The molecule has 0 heterocycles. The molecule has 0 aromatic rings. The Kier molecular flexibility index (Phi) is 8.41. The Balaban J connectivity index is 2.21. The van der Waals surface area contributed by atoms with Crippen LogP contribution in [0.5, 0.6) is 0 Å². The van der Waals surface area contributed by atoms with E-state index in [-0.39, 0.29) is 53.6 Å². The fraction of sp³-hybridized carbons (Fsp3) is 0.600. The van der Waals surface area contributed by atoms with Gasteiger partial charge < -0.3 is 19.7 Å². The van der Waals surface area contributed by atoms with E-state index < -0.39 is 40.6 Å². The molecule has 2 N–H and O–H groups in total. The average molecular weight is 491 g/mol. The zero-order valence-corrected chi connectivity index (χ0v) is 21.2. The third-order valence-electron chi connectivity index (χ3n) is 6.42. The summed E-state index contributed by atoms with van der Waals surface area (Å²) in [5.41, 5.74) is -1.72. The van der Waals surface area contributed by atoms with Crippen LogP contribution in [0.25, 0.3) is 0 Å². The molecule has 0 radical (unpaired) electrons. The molecule has 0 amide bonds. The van der Waals surface area contributed by atoms with Gasteiger partial charge in [-0.05, 0) is 17.8 Å². The van der Waals surface area contributed by atoms with E-state index in [1.807, 2.05) is 0 Å². The molecule has 0 aromatic carbocycles. The highest BCUT2D eigenvalue weighted by Gasteiger charge is 2.47. The molecular weight excluding hydrogens is 456 g/mol. The normalized spacial score (nSPS) is 25.3. The van der Waals surface area contributed by atoms with Crippen LogP contribution >= 0.6 is 0 Å². The standard InChI is InChI=1S/C25H34N2O8/c1-13(27-12-15-17(29)9-25(4,5)19(21(15)31)23(33)35-7)10-26-11-14-16(28)8-24(2,3)18(20(14)30)22(32)34-6/h11-13,18-19,30-31H,8-10H2,1-7H3/t13-,18-,19+/m0/s1. The SMILES string of the molecule is COC(=O)[C@@H]1C(O)=C(C=NC[C@H](C)N=CC2=C(O)[C@H](C(=O)OC)C(C)(C)CC2=O)C(=O)CC1(C)C. The van der Waals surface area contributed by atoms with Gasteiger partial charge in [0.05, 0.1) is 38.0 Å². The average Bonchev–Trinajstić information content (AvgIpc) is 2.73. The van der Waals surface area contributed by atoms with Crippen LogP contribution in [-0.4, -0.2) is 73.0 Å². The topological polar surface area (TPSA) is 152 Å². The first-order chi connectivity index (χ1) is 16.2. The zero-order chi connectivity index (χ0) is 26.7. The van der Waals surface area contributed by atoms with Crippen molar-refractivity contribution in [1.82, 2.24) is 0 Å². The van der Waals surface area contributed by atoms with E-state index in [2.05, 4.69) is 9.98 Å². The smallest absolute Gasteiger partial charge is 0.316 e. The molecule has 0 aliphatic heterocycles. The van der Waals surface area contributed by atoms with Gasteiger partial charge in [-0.3, -0.25) is 29.2 Å². The van der Waals surface area contributed by atoms with E-state index >= 15 is 0 Å². The molecule has 0 saturated heterocycles. The predicted octanol–water partition coefficient (Wildman–Crippen LogP) is 2.72. The minimum atomic E-state index is -0.987. The van der Waals surface area contributed by atoms with Gasteiger partial charge >= 0.3 is 11.9 Å². The lowest BCUT2D eigenvalue weighted by Crippen LogP contribution is -2.40. The molecule has 10 nitrogen and oxygen atoms in total. The van der Waals surface area contributed by atoms with Crippen LogP contribution in [-0.2, 0) is 28.7 Å². The number of esters is 2. The molecule has 0 bridgehead atoms. The van der Waals surface area contributed by atoms with Gasteiger partial charge in [-0.15, -0.1) is 0 Å². The first-order valence-electron chi connectivity index (χ1n) is 11.3. The van der Waals surface area contributed by atoms with E-state index in [9.17, 15) is 29.4 Å². The number of ketones is 2. The van der Waals surface area contributed by atoms with Gasteiger partial charge in [0.25, 0.3) is 0 Å². The molecular formula is C25H34N2O8. The molecule has 2 aliphatic rings. The molecule has 0 unspecified atom stereocenters. The summed E-state index contributed by atoms with van der Waals surface area (Å²) >= 11 is 0. The van der Waals surface area contributed by atoms with E-state index in [1.165, 1.54) is 26.6 Å². The molecule has 0 fully saturated rings. The minimum absolute atomic E-state index is 0.0396. The van der Waals surface area contributed by atoms with Crippen molar-refractivity contribution in [3.8, 4) is 0 Å². The molecule has 192 valence electrons. The summed E-state index contributed by atoms with van der Waals surface area (Å²) in [5, 5.41) is 21.2. The molecule has 0 aromatic heterocycles. The molecule has 2 aliphatic carbocycles. The van der Waals surface area contributed by atoms with E-state index in [4.69, 9.17) is 9.47 Å². The van der Waals surface area contributed by atoms with Gasteiger partial charge in [-0.25, -0.2) is 0 Å². The number of Topliss-reactive ketones (excluding diaryl/α,β-unsaturated/α-hetero) is 2. The summed E-state index contributed by atoms with van der Waals surface area (Å²) in [6.07, 6.45) is 2.52. The highest BCUT2D eigenvalue weighted by Crippen LogP contribution is 2.42. The van der Waals surface area contributed by atoms with Crippen molar-refractivity contribution in [2.24, 2.45) is 32.7 Å². The second-order valence-corrected chi connectivity index (χ2v) is 10.3. The number of rotatable bonds is 7. The lowest BCUT2D eigenvalue weighted by molar-refractivity contribution is -0.151. The van der Waals surface area contributed by atoms with Crippen LogP contribution in [0.1, 0.15) is 47.5 Å². The molecule has 35 heavy (non-hydrogen) atoms. The van der Waals surface area contributed by atoms with Crippen LogP contribution in [0, 0.1) is 22.7 Å². The quantitative estimate of drug-likeness (QED) is 0.408. The Morgan fingerprint density at radius 2 is 1.31 bits per heavy atom. The van der Waals surface area contributed by atoms with Gasteiger partial charge in [0, 0.05) is 25.3 Å². The van der Waals surface area contributed by atoms with Crippen LogP contribution in [0.2, 0.25) is 0 Å². The number of nitrogens with zero attached hydrogens (tertiary/aromatic N) is 2. The molecule has 3 atom stereocenters. The Morgan fingerprint density at radius 1 is 0.914 bits per heavy atom. The number of hydrogen-bond donors (Lipinski definition) is 2. The largest absolute Gasteiger partial charge is 0.511 e. The predicted molar refractivity (Wildman–Crippen MR) is 128 cm³/mol. The highest BCUT2D eigenvalue weighted by molar-refractivity contribution is 6.16. The maximum absolute atomic E-state index is 12.5. The summed E-state index contributed by atoms with van der Waals surface area (Å²) in [4.78, 5) is 57.8. The van der Waals surface area contributed by atoms with Gasteiger partial charge in [0.1, 0.15) is 23.4 Å². The number of allylic oxidation sites excluding steroid dienone is 2. The second kappa shape index (κ2) is 10.5. The first-order valence-corrected chi connectivity index (χ1v) is 11.3. The summed E-state index contributed by atoms with van der Waals surface area (Å²) in [6, 6.07) is -0.458. The Morgan fingerprint density at radius 3 is 1.71 bits per heavy atom. The number of carbonyl (C=O) groups excluding carboxylic acids is 4. The van der Waals surface area contributed by atoms with Crippen LogP contribution < -0.4 is 0 Å². The minimum Gasteiger partial charge on any atom is -0.511 e. The maximum Gasteiger partial charge on any atom is 0.316 e. The van der Waals surface area contributed by atoms with Crippen molar-refractivity contribution in [2.75, 3.05) is 20.8 Å². The maximum atomic E-state index is 12.5. The fourth-order valence-corrected chi connectivity index (χ4v) is 4.48. The van der Waals surface area contributed by atoms with Gasteiger partial charge in [0.2, 0.25) is 0 Å². The number of ether oxygens (including phenoxy) is 2. The van der Waals surface area contributed by atoms with Crippen molar-refractivity contribution >= 4 is 35.9 Å². The Labute approximate surface area is 204 Å². The van der Waals surface area contributed by atoms with Gasteiger partial charge in [-0.2, -0.15) is 0 Å². The first kappa shape index (κ1) is 27.9. The molecule has 10 heteroatoms. The second-order valence-electron chi connectivity index (χ2n) is 10.3. The van der Waals surface area contributed by atoms with Gasteiger partial charge in [-0.1, -0.05) is 27.7 Å². The Hall–Kier alpha value is -3.30. The summed E-state index contributed by atoms with van der Waals surface area (Å²) < 4.78 is 9.57. The number of methoxy groups -OCH3 is 2. The number of aliphatic hydroxyl groups is 2. The molecule has 0 saturated carbocycles. The van der Waals surface area contributed by atoms with Gasteiger partial charge in [0.15, 0.2) is 11.6 Å². The van der Waals surface area contributed by atoms with Crippen molar-refractivity contribution in [2.45, 2.75) is 53.5 Å².